The Hall–Kier alpha value is -1.85. The average Bonchev–Trinajstić information content (AvgIpc) is 2.73. The second kappa shape index (κ2) is 6.74. The number of nitrogens with zero attached hydrogens (tertiary/aromatic N) is 2. The molecule has 0 spiro atoms. The van der Waals surface area contributed by atoms with E-state index in [0.29, 0.717) is 18.7 Å². The second-order valence-corrected chi connectivity index (χ2v) is 6.50. The summed E-state index contributed by atoms with van der Waals surface area (Å²) in [6.07, 6.45) is 0.509. The van der Waals surface area contributed by atoms with Crippen molar-refractivity contribution in [1.82, 2.24) is 15.1 Å². The molecular formula is C15H25N3O3. The lowest BCUT2D eigenvalue weighted by Gasteiger charge is -2.23. The van der Waals surface area contributed by atoms with E-state index in [2.05, 4.69) is 10.4 Å². The molecule has 2 N–H and O–H groups in total. The van der Waals surface area contributed by atoms with Crippen LogP contribution in [0.1, 0.15) is 50.3 Å². The van der Waals surface area contributed by atoms with Gasteiger partial charge in [0.25, 0.3) is 5.91 Å². The largest absolute Gasteiger partial charge is 0.481 e. The Morgan fingerprint density at radius 3 is 2.52 bits per heavy atom. The van der Waals surface area contributed by atoms with Crippen LogP contribution in [-0.4, -0.2) is 33.3 Å². The minimum Gasteiger partial charge on any atom is -0.481 e. The maximum Gasteiger partial charge on any atom is 0.308 e. The highest BCUT2D eigenvalue weighted by Crippen LogP contribution is 2.24. The Morgan fingerprint density at radius 1 is 1.43 bits per heavy atom. The third-order valence-corrected chi connectivity index (χ3v) is 3.15. The lowest BCUT2D eigenvalue weighted by Crippen LogP contribution is -2.35. The molecule has 0 bridgehead atoms. The Labute approximate surface area is 125 Å². The number of carbonyl (C=O) groups excluding carboxylic acids is 1. The predicted octanol–water partition coefficient (Wildman–Crippen LogP) is 2.08. The summed E-state index contributed by atoms with van der Waals surface area (Å²) in [5.74, 6) is -1.75. The Morgan fingerprint density at radius 2 is 2.05 bits per heavy atom. The molecule has 1 heterocycles. The van der Waals surface area contributed by atoms with Crippen LogP contribution in [0.15, 0.2) is 6.07 Å². The van der Waals surface area contributed by atoms with Gasteiger partial charge in [-0.1, -0.05) is 20.8 Å². The molecule has 1 rings (SSSR count). The van der Waals surface area contributed by atoms with Gasteiger partial charge in [0, 0.05) is 13.1 Å². The van der Waals surface area contributed by atoms with E-state index in [1.165, 1.54) is 0 Å². The average molecular weight is 295 g/mol. The van der Waals surface area contributed by atoms with Crippen LogP contribution in [0.5, 0.6) is 0 Å². The van der Waals surface area contributed by atoms with Crippen LogP contribution in [-0.2, 0) is 11.3 Å². The van der Waals surface area contributed by atoms with Crippen molar-refractivity contribution in [2.75, 3.05) is 6.54 Å². The number of rotatable bonds is 6. The number of hydrogen-bond acceptors (Lipinski definition) is 3. The Bertz CT molecular complexity index is 515. The molecular weight excluding hydrogens is 270 g/mol. The van der Waals surface area contributed by atoms with E-state index < -0.39 is 11.9 Å². The van der Waals surface area contributed by atoms with Crippen molar-refractivity contribution in [1.29, 1.82) is 0 Å². The van der Waals surface area contributed by atoms with Crippen LogP contribution in [0.4, 0.5) is 0 Å². The molecule has 0 aliphatic carbocycles. The van der Waals surface area contributed by atoms with E-state index >= 15 is 0 Å². The Kier molecular flexibility index (Phi) is 5.52. The molecule has 118 valence electrons. The zero-order chi connectivity index (χ0) is 16.2. The third kappa shape index (κ3) is 5.21. The first-order valence-corrected chi connectivity index (χ1v) is 7.19. The van der Waals surface area contributed by atoms with Gasteiger partial charge in [-0.2, -0.15) is 5.10 Å². The van der Waals surface area contributed by atoms with E-state index in [0.717, 1.165) is 5.69 Å². The van der Waals surface area contributed by atoms with Gasteiger partial charge in [-0.3, -0.25) is 14.3 Å². The molecule has 0 saturated heterocycles. The fourth-order valence-electron chi connectivity index (χ4n) is 2.26. The van der Waals surface area contributed by atoms with E-state index in [4.69, 9.17) is 0 Å². The molecule has 1 aromatic rings. The van der Waals surface area contributed by atoms with Crippen molar-refractivity contribution in [3.63, 3.8) is 0 Å². The fraction of sp³-hybridized carbons (Fsp3) is 0.667. The quantitative estimate of drug-likeness (QED) is 0.841. The van der Waals surface area contributed by atoms with Crippen molar-refractivity contribution in [3.8, 4) is 0 Å². The summed E-state index contributed by atoms with van der Waals surface area (Å²) >= 11 is 0. The first-order valence-electron chi connectivity index (χ1n) is 7.19. The smallest absolute Gasteiger partial charge is 0.308 e. The number of hydrogen-bond donors (Lipinski definition) is 2. The summed E-state index contributed by atoms with van der Waals surface area (Å²) in [5, 5.41) is 16.2. The number of aliphatic carboxylic acids is 1. The number of aryl methyl sites for hydroxylation is 2. The molecule has 6 nitrogen and oxygen atoms in total. The summed E-state index contributed by atoms with van der Waals surface area (Å²) in [4.78, 5) is 23.5. The van der Waals surface area contributed by atoms with Crippen LogP contribution >= 0.6 is 0 Å². The number of aromatic nitrogens is 2. The molecule has 1 atom stereocenters. The molecule has 1 amide bonds. The fourth-order valence-corrected chi connectivity index (χ4v) is 2.26. The van der Waals surface area contributed by atoms with Gasteiger partial charge in [0.05, 0.1) is 11.6 Å². The summed E-state index contributed by atoms with van der Waals surface area (Å²) in [5.41, 5.74) is 1.14. The Balaban J connectivity index is 2.71. The van der Waals surface area contributed by atoms with Crippen LogP contribution in [0, 0.1) is 18.3 Å². The van der Waals surface area contributed by atoms with Crippen LogP contribution in [0.3, 0.4) is 0 Å². The van der Waals surface area contributed by atoms with E-state index in [-0.39, 0.29) is 17.9 Å². The molecule has 1 aromatic heterocycles. The maximum atomic E-state index is 12.2. The molecule has 0 aliphatic heterocycles. The first-order chi connectivity index (χ1) is 9.64. The highest BCUT2D eigenvalue weighted by Gasteiger charge is 2.25. The molecule has 0 saturated carbocycles. The summed E-state index contributed by atoms with van der Waals surface area (Å²) in [6, 6.07) is 1.71. The number of carboxylic acid groups (broad SMARTS) is 1. The maximum absolute atomic E-state index is 12.2. The van der Waals surface area contributed by atoms with Crippen LogP contribution < -0.4 is 5.32 Å². The van der Waals surface area contributed by atoms with Gasteiger partial charge in [0.15, 0.2) is 0 Å². The number of carbonyl (C=O) groups is 2. The highest BCUT2D eigenvalue weighted by atomic mass is 16.4. The van der Waals surface area contributed by atoms with Gasteiger partial charge in [-0.25, -0.2) is 0 Å². The predicted molar refractivity (Wildman–Crippen MR) is 80.2 cm³/mol. The van der Waals surface area contributed by atoms with Crippen molar-refractivity contribution in [2.24, 2.45) is 11.3 Å². The minimum absolute atomic E-state index is 0.102. The number of nitrogens with one attached hydrogen (secondary N) is 1. The van der Waals surface area contributed by atoms with Crippen LogP contribution in [0.25, 0.3) is 0 Å². The van der Waals surface area contributed by atoms with Gasteiger partial charge in [-0.15, -0.1) is 0 Å². The molecule has 0 aliphatic rings. The zero-order valence-electron chi connectivity index (χ0n) is 13.4. The third-order valence-electron chi connectivity index (χ3n) is 3.15. The summed E-state index contributed by atoms with van der Waals surface area (Å²) in [6.45, 7) is 10.4. The van der Waals surface area contributed by atoms with Gasteiger partial charge >= 0.3 is 5.97 Å². The van der Waals surface area contributed by atoms with Crippen molar-refractivity contribution in [2.45, 2.75) is 47.6 Å². The molecule has 6 heteroatoms. The SMILES string of the molecule is CCn1nc(C)cc1C(=O)NCC(CC(C)(C)C)C(=O)O. The molecule has 1 unspecified atom stereocenters. The number of amides is 1. The summed E-state index contributed by atoms with van der Waals surface area (Å²) in [7, 11) is 0. The monoisotopic (exact) mass is 295 g/mol. The molecule has 0 radical (unpaired) electrons. The van der Waals surface area contributed by atoms with Gasteiger partial charge in [0.2, 0.25) is 0 Å². The lowest BCUT2D eigenvalue weighted by atomic mass is 9.84. The minimum atomic E-state index is -0.884. The van der Waals surface area contributed by atoms with Gasteiger partial charge in [0.1, 0.15) is 5.69 Å². The van der Waals surface area contributed by atoms with Crippen molar-refractivity contribution < 1.29 is 14.7 Å². The summed E-state index contributed by atoms with van der Waals surface area (Å²) < 4.78 is 1.62. The van der Waals surface area contributed by atoms with Crippen molar-refractivity contribution >= 4 is 11.9 Å². The second-order valence-electron chi connectivity index (χ2n) is 6.50. The molecule has 0 aromatic carbocycles. The molecule has 21 heavy (non-hydrogen) atoms. The molecule has 0 fully saturated rings. The van der Waals surface area contributed by atoms with E-state index in [1.807, 2.05) is 34.6 Å². The van der Waals surface area contributed by atoms with Crippen molar-refractivity contribution in [3.05, 3.63) is 17.5 Å². The lowest BCUT2D eigenvalue weighted by molar-refractivity contribution is -0.142. The zero-order valence-corrected chi connectivity index (χ0v) is 13.4. The topological polar surface area (TPSA) is 84.2 Å². The highest BCUT2D eigenvalue weighted by molar-refractivity contribution is 5.92. The first kappa shape index (κ1) is 17.2. The van der Waals surface area contributed by atoms with Gasteiger partial charge in [-0.05, 0) is 31.7 Å². The standard InChI is InChI=1S/C15H25N3O3/c1-6-18-12(7-10(2)17-18)13(19)16-9-11(14(20)21)8-15(3,4)5/h7,11H,6,8-9H2,1-5H3,(H,16,19)(H,20,21). The van der Waals surface area contributed by atoms with E-state index in [9.17, 15) is 14.7 Å². The van der Waals surface area contributed by atoms with Crippen LogP contribution in [0.2, 0.25) is 0 Å². The number of carboxylic acids is 1. The van der Waals surface area contributed by atoms with E-state index in [1.54, 1.807) is 10.7 Å². The normalized spacial score (nSPS) is 13.0. The van der Waals surface area contributed by atoms with Gasteiger partial charge < -0.3 is 10.4 Å².